The van der Waals surface area contributed by atoms with Gasteiger partial charge < -0.3 is 15.4 Å². The molecule has 0 saturated carbocycles. The normalized spacial score (nSPS) is 18.3. The van der Waals surface area contributed by atoms with Crippen LogP contribution in [0.15, 0.2) is 5.16 Å². The molecule has 60 valence electrons. The first kappa shape index (κ1) is 7.28. The van der Waals surface area contributed by atoms with Crippen molar-refractivity contribution in [3.8, 4) is 0 Å². The Morgan fingerprint density at radius 2 is 2.00 bits per heavy atom. The van der Waals surface area contributed by atoms with Crippen LogP contribution in [0.4, 0.5) is 0 Å². The second-order valence-corrected chi connectivity index (χ2v) is 1.53. The molecule has 0 saturated heterocycles. The van der Waals surface area contributed by atoms with Gasteiger partial charge in [0.1, 0.15) is 0 Å². The molecule has 0 radical (unpaired) electrons. The van der Waals surface area contributed by atoms with Gasteiger partial charge in [-0.05, 0) is 5.16 Å². The lowest BCUT2D eigenvalue weighted by Crippen LogP contribution is -2.43. The predicted molar refractivity (Wildman–Crippen MR) is 29.8 cm³/mol. The smallest absolute Gasteiger partial charge is 0.363 e. The van der Waals surface area contributed by atoms with Gasteiger partial charge >= 0.3 is 11.9 Å². The molecule has 0 bridgehead atoms. The molecule has 1 aliphatic heterocycles. The maximum atomic E-state index is 10.4. The molecule has 0 aromatic heterocycles. The van der Waals surface area contributed by atoms with E-state index < -0.39 is 17.9 Å². The van der Waals surface area contributed by atoms with Crippen molar-refractivity contribution < 1.29 is 19.3 Å². The Bertz CT molecular complexity index is 235. The first-order valence-electron chi connectivity index (χ1n) is 2.43. The Hall–Kier alpha value is -1.83. The van der Waals surface area contributed by atoms with E-state index in [1.165, 1.54) is 0 Å². The summed E-state index contributed by atoms with van der Waals surface area (Å²) in [5.74, 6) is 1.95. The maximum Gasteiger partial charge on any atom is 0.445 e. The second-order valence-electron chi connectivity index (χ2n) is 1.53. The summed E-state index contributed by atoms with van der Waals surface area (Å²) < 4.78 is 0. The van der Waals surface area contributed by atoms with Crippen molar-refractivity contribution in [2.75, 3.05) is 0 Å². The highest BCUT2D eigenvalue weighted by molar-refractivity contribution is 6.30. The quantitative estimate of drug-likeness (QED) is 0.226. The Balaban J connectivity index is 2.80. The fourth-order valence-corrected chi connectivity index (χ4v) is 0.339. The number of nitrogens with zero attached hydrogens (tertiary/aromatic N) is 2. The van der Waals surface area contributed by atoms with Crippen LogP contribution in [-0.2, 0) is 19.3 Å². The van der Waals surface area contributed by atoms with Crippen LogP contribution in [0.25, 0.3) is 0 Å². The van der Waals surface area contributed by atoms with Crippen LogP contribution in [0.5, 0.6) is 0 Å². The van der Waals surface area contributed by atoms with Gasteiger partial charge in [0.25, 0.3) is 5.96 Å². The van der Waals surface area contributed by atoms with Gasteiger partial charge in [-0.15, -0.1) is 0 Å². The zero-order valence-corrected chi connectivity index (χ0v) is 5.18. The van der Waals surface area contributed by atoms with Crippen LogP contribution in [0.3, 0.4) is 0 Å². The molecule has 0 unspecified atom stereocenters. The van der Waals surface area contributed by atoms with E-state index in [2.05, 4.69) is 14.8 Å². The summed E-state index contributed by atoms with van der Waals surface area (Å²) in [6.45, 7) is 0. The predicted octanol–water partition coefficient (Wildman–Crippen LogP) is -2.59. The molecule has 8 nitrogen and oxygen atoms in total. The van der Waals surface area contributed by atoms with E-state index in [1.54, 1.807) is 0 Å². The molecule has 11 heavy (non-hydrogen) atoms. The number of hydroxylamine groups is 1. The maximum absolute atomic E-state index is 10.4. The number of hydrogen-bond acceptors (Lipinski definition) is 8. The molecule has 0 aromatic carbocycles. The molecule has 0 aliphatic carbocycles. The van der Waals surface area contributed by atoms with Gasteiger partial charge in [0, 0.05) is 0 Å². The lowest BCUT2D eigenvalue weighted by molar-refractivity contribution is -0.183. The summed E-state index contributed by atoms with van der Waals surface area (Å²) in [6, 6.07) is 0. The van der Waals surface area contributed by atoms with E-state index in [4.69, 9.17) is 11.6 Å². The van der Waals surface area contributed by atoms with Crippen LogP contribution in [0.2, 0.25) is 0 Å². The van der Waals surface area contributed by atoms with Crippen molar-refractivity contribution >= 4 is 17.9 Å². The molecule has 0 spiro atoms. The molecule has 0 fully saturated rings. The first-order valence-corrected chi connectivity index (χ1v) is 2.43. The summed E-state index contributed by atoms with van der Waals surface area (Å²) in [5, 5.41) is 3.26. The van der Waals surface area contributed by atoms with Gasteiger partial charge in [-0.25, -0.2) is 15.4 Å². The molecular weight excluding hydrogens is 156 g/mol. The fraction of sp³-hybridized carbons (Fsp3) is 0. The van der Waals surface area contributed by atoms with Crippen molar-refractivity contribution in [1.29, 1.82) is 0 Å². The van der Waals surface area contributed by atoms with Crippen molar-refractivity contribution in [3.05, 3.63) is 0 Å². The number of nitrogens with two attached hydrogens (primary N) is 2. The second kappa shape index (κ2) is 2.42. The highest BCUT2D eigenvalue weighted by Crippen LogP contribution is 1.93. The van der Waals surface area contributed by atoms with Crippen LogP contribution < -0.4 is 11.6 Å². The van der Waals surface area contributed by atoms with E-state index in [9.17, 15) is 9.59 Å². The summed E-state index contributed by atoms with van der Waals surface area (Å²) in [5.41, 5.74) is 5.00. The van der Waals surface area contributed by atoms with Gasteiger partial charge in [-0.1, -0.05) is 5.17 Å². The van der Waals surface area contributed by atoms with E-state index in [1.807, 2.05) is 0 Å². The number of carbonyl (C=O) groups is 2. The van der Waals surface area contributed by atoms with Crippen molar-refractivity contribution in [1.82, 2.24) is 5.17 Å². The lowest BCUT2D eigenvalue weighted by Gasteiger charge is -2.09. The highest BCUT2D eigenvalue weighted by atomic mass is 16.8. The number of rotatable bonds is 0. The standard InChI is InChI=1S/C3H4N4O4/c4-3-6-10-1(8)2(9)11-7(3)5/h5H2,(H2,4,6). The zero-order valence-electron chi connectivity index (χ0n) is 5.18. The van der Waals surface area contributed by atoms with Crippen molar-refractivity contribution in [2.24, 2.45) is 16.7 Å². The van der Waals surface area contributed by atoms with E-state index in [0.717, 1.165) is 0 Å². The Labute approximate surface area is 60.2 Å². The van der Waals surface area contributed by atoms with Crippen LogP contribution in [-0.4, -0.2) is 23.1 Å². The van der Waals surface area contributed by atoms with Crippen LogP contribution in [0, 0.1) is 0 Å². The number of hydrogen-bond donors (Lipinski definition) is 2. The molecule has 4 N–H and O–H groups in total. The third-order valence-electron chi connectivity index (χ3n) is 0.796. The minimum atomic E-state index is -1.28. The van der Waals surface area contributed by atoms with Gasteiger partial charge in [-0.3, -0.25) is 0 Å². The van der Waals surface area contributed by atoms with Gasteiger partial charge in [0.15, 0.2) is 0 Å². The van der Waals surface area contributed by atoms with Crippen molar-refractivity contribution in [3.63, 3.8) is 0 Å². The van der Waals surface area contributed by atoms with Crippen LogP contribution >= 0.6 is 0 Å². The average molecular weight is 160 g/mol. The lowest BCUT2D eigenvalue weighted by atomic mass is 10.7. The molecule has 0 aromatic rings. The van der Waals surface area contributed by atoms with Crippen LogP contribution in [0.1, 0.15) is 0 Å². The topological polar surface area (TPSA) is 120 Å². The van der Waals surface area contributed by atoms with Gasteiger partial charge in [0.2, 0.25) is 0 Å². The number of oxime groups is 1. The van der Waals surface area contributed by atoms with E-state index in [0.29, 0.717) is 5.17 Å². The number of carbonyl (C=O) groups excluding carboxylic acids is 2. The summed E-state index contributed by atoms with van der Waals surface area (Å²) in [6.07, 6.45) is 0. The fourth-order valence-electron chi connectivity index (χ4n) is 0.339. The summed E-state index contributed by atoms with van der Waals surface area (Å²) in [4.78, 5) is 28.8. The minimum Gasteiger partial charge on any atom is -0.363 e. The van der Waals surface area contributed by atoms with E-state index in [-0.39, 0.29) is 0 Å². The molecule has 8 heteroatoms. The highest BCUT2D eigenvalue weighted by Gasteiger charge is 2.25. The van der Waals surface area contributed by atoms with E-state index >= 15 is 0 Å². The SMILES string of the molecule is NC1=NOC(=O)C(=O)ON1N. The molecule has 0 atom stereocenters. The Kier molecular flexibility index (Phi) is 1.60. The first-order chi connectivity index (χ1) is 5.11. The Morgan fingerprint density at radius 3 is 2.64 bits per heavy atom. The summed E-state index contributed by atoms with van der Waals surface area (Å²) in [7, 11) is 0. The monoisotopic (exact) mass is 160 g/mol. The molecular formula is C3H4N4O4. The largest absolute Gasteiger partial charge is 0.445 e. The number of hydrazine groups is 1. The van der Waals surface area contributed by atoms with Gasteiger partial charge in [0.05, 0.1) is 0 Å². The third kappa shape index (κ3) is 1.35. The zero-order chi connectivity index (χ0) is 8.43. The molecule has 0 amide bonds. The summed E-state index contributed by atoms with van der Waals surface area (Å²) >= 11 is 0. The molecule has 1 heterocycles. The average Bonchev–Trinajstić information content (AvgIpc) is 2.05. The van der Waals surface area contributed by atoms with Crippen molar-refractivity contribution in [2.45, 2.75) is 0 Å². The molecule has 1 aliphatic rings. The Morgan fingerprint density at radius 1 is 1.36 bits per heavy atom. The molecule has 1 rings (SSSR count). The number of guanidine groups is 1. The van der Waals surface area contributed by atoms with Gasteiger partial charge in [-0.2, -0.15) is 0 Å². The third-order valence-corrected chi connectivity index (χ3v) is 0.796. The minimum absolute atomic E-state index is 0.327.